The quantitative estimate of drug-likeness (QED) is 0.652. The standard InChI is InChI=1S/C18H18N2O4/c1-12-11-15(9-10-16(12)20(22)23)24-17(13-5-3-2-4-6-13)18(21)19-14-7-8-14/h2-6,9-11,14,17H,7-8H2,1H3,(H,19,21)/t17-/m1/s1. The van der Waals surface area contributed by atoms with Gasteiger partial charge in [-0.25, -0.2) is 0 Å². The number of nitro benzene ring substituents is 1. The zero-order chi connectivity index (χ0) is 17.1. The van der Waals surface area contributed by atoms with E-state index in [1.165, 1.54) is 12.1 Å². The Hall–Kier alpha value is -2.89. The second kappa shape index (κ2) is 6.70. The molecule has 1 atom stereocenters. The first-order valence-electron chi connectivity index (χ1n) is 7.81. The molecule has 3 rings (SSSR count). The van der Waals surface area contributed by atoms with Gasteiger partial charge in [0.2, 0.25) is 6.10 Å². The molecular weight excluding hydrogens is 308 g/mol. The average Bonchev–Trinajstić information content (AvgIpc) is 3.37. The van der Waals surface area contributed by atoms with E-state index in [1.807, 2.05) is 30.3 Å². The largest absolute Gasteiger partial charge is 0.476 e. The van der Waals surface area contributed by atoms with Crippen molar-refractivity contribution in [1.82, 2.24) is 5.32 Å². The van der Waals surface area contributed by atoms with E-state index in [2.05, 4.69) is 5.32 Å². The van der Waals surface area contributed by atoms with Crippen LogP contribution in [0.4, 0.5) is 5.69 Å². The second-order valence-electron chi connectivity index (χ2n) is 5.90. The van der Waals surface area contributed by atoms with Gasteiger partial charge in [-0.1, -0.05) is 30.3 Å². The van der Waals surface area contributed by atoms with E-state index in [1.54, 1.807) is 13.0 Å². The van der Waals surface area contributed by atoms with Crippen LogP contribution in [0.5, 0.6) is 5.75 Å². The maximum atomic E-state index is 12.5. The summed E-state index contributed by atoms with van der Waals surface area (Å²) < 4.78 is 5.87. The van der Waals surface area contributed by atoms with Crippen LogP contribution in [0.15, 0.2) is 48.5 Å². The molecule has 0 bridgehead atoms. The van der Waals surface area contributed by atoms with Gasteiger partial charge >= 0.3 is 0 Å². The molecule has 0 aromatic heterocycles. The Kier molecular flexibility index (Phi) is 4.46. The number of nitrogens with zero attached hydrogens (tertiary/aromatic N) is 1. The summed E-state index contributed by atoms with van der Waals surface area (Å²) in [6.07, 6.45) is 1.20. The zero-order valence-corrected chi connectivity index (χ0v) is 13.3. The molecule has 1 aliphatic rings. The Balaban J connectivity index is 1.84. The summed E-state index contributed by atoms with van der Waals surface area (Å²) in [5, 5.41) is 13.9. The number of hydrogen-bond acceptors (Lipinski definition) is 4. The van der Waals surface area contributed by atoms with E-state index >= 15 is 0 Å². The summed E-state index contributed by atoms with van der Waals surface area (Å²) in [7, 11) is 0. The SMILES string of the molecule is Cc1cc(O[C@@H](C(=O)NC2CC2)c2ccccc2)ccc1[N+](=O)[O-]. The van der Waals surface area contributed by atoms with Crippen LogP contribution >= 0.6 is 0 Å². The molecule has 0 unspecified atom stereocenters. The van der Waals surface area contributed by atoms with Crippen LogP contribution in [0, 0.1) is 17.0 Å². The van der Waals surface area contributed by atoms with Crippen LogP contribution in [-0.4, -0.2) is 16.9 Å². The predicted octanol–water partition coefficient (Wildman–Crippen LogP) is 3.30. The average molecular weight is 326 g/mol. The number of rotatable bonds is 6. The molecule has 1 aliphatic carbocycles. The fourth-order valence-corrected chi connectivity index (χ4v) is 2.45. The fraction of sp³-hybridized carbons (Fsp3) is 0.278. The van der Waals surface area contributed by atoms with Crippen molar-refractivity contribution >= 4 is 11.6 Å². The highest BCUT2D eigenvalue weighted by Crippen LogP contribution is 2.28. The Morgan fingerprint density at radius 3 is 2.54 bits per heavy atom. The first kappa shape index (κ1) is 16.0. The third-order valence-corrected chi connectivity index (χ3v) is 3.88. The molecular formula is C18H18N2O4. The van der Waals surface area contributed by atoms with Crippen LogP contribution in [0.2, 0.25) is 0 Å². The van der Waals surface area contributed by atoms with Crippen molar-refractivity contribution < 1.29 is 14.5 Å². The summed E-state index contributed by atoms with van der Waals surface area (Å²) in [6, 6.07) is 13.9. The highest BCUT2D eigenvalue weighted by Gasteiger charge is 2.29. The van der Waals surface area contributed by atoms with Gasteiger partial charge in [-0.3, -0.25) is 14.9 Å². The van der Waals surface area contributed by atoms with Crippen molar-refractivity contribution in [2.45, 2.75) is 31.9 Å². The number of nitrogens with one attached hydrogen (secondary N) is 1. The maximum absolute atomic E-state index is 12.5. The number of aryl methyl sites for hydroxylation is 1. The molecule has 1 fully saturated rings. The topological polar surface area (TPSA) is 81.5 Å². The summed E-state index contributed by atoms with van der Waals surface area (Å²) in [5.74, 6) is 0.234. The van der Waals surface area contributed by atoms with Crippen LogP contribution in [0.3, 0.4) is 0 Å². The highest BCUT2D eigenvalue weighted by atomic mass is 16.6. The number of carbonyl (C=O) groups excluding carboxylic acids is 1. The van der Waals surface area contributed by atoms with Gasteiger partial charge in [-0.05, 0) is 31.9 Å². The van der Waals surface area contributed by atoms with E-state index in [-0.39, 0.29) is 17.6 Å². The van der Waals surface area contributed by atoms with Crippen LogP contribution < -0.4 is 10.1 Å². The summed E-state index contributed by atoms with van der Waals surface area (Å²) in [4.78, 5) is 23.0. The molecule has 2 aromatic carbocycles. The normalized spacial score (nSPS) is 14.7. The van der Waals surface area contributed by atoms with E-state index in [9.17, 15) is 14.9 Å². The molecule has 0 heterocycles. The van der Waals surface area contributed by atoms with Gasteiger partial charge in [0.1, 0.15) is 5.75 Å². The lowest BCUT2D eigenvalue weighted by molar-refractivity contribution is -0.385. The predicted molar refractivity (Wildman–Crippen MR) is 88.8 cm³/mol. The van der Waals surface area contributed by atoms with Gasteiger partial charge in [-0.15, -0.1) is 0 Å². The number of amides is 1. The van der Waals surface area contributed by atoms with Gasteiger partial charge in [0.05, 0.1) is 4.92 Å². The number of carbonyl (C=O) groups is 1. The molecule has 6 heteroatoms. The summed E-state index contributed by atoms with van der Waals surface area (Å²) in [6.45, 7) is 1.65. The molecule has 124 valence electrons. The van der Waals surface area contributed by atoms with Gasteiger partial charge in [0, 0.05) is 23.2 Å². The van der Waals surface area contributed by atoms with Crippen LogP contribution in [0.1, 0.15) is 30.1 Å². The third kappa shape index (κ3) is 3.71. The molecule has 0 spiro atoms. The molecule has 2 aromatic rings. The minimum absolute atomic E-state index is 0.0287. The molecule has 0 radical (unpaired) electrons. The molecule has 1 saturated carbocycles. The Morgan fingerprint density at radius 2 is 1.96 bits per heavy atom. The second-order valence-corrected chi connectivity index (χ2v) is 5.90. The van der Waals surface area contributed by atoms with Crippen molar-refractivity contribution in [1.29, 1.82) is 0 Å². The first-order valence-corrected chi connectivity index (χ1v) is 7.81. The first-order chi connectivity index (χ1) is 11.5. The van der Waals surface area contributed by atoms with Crippen LogP contribution in [0.25, 0.3) is 0 Å². The lowest BCUT2D eigenvalue weighted by atomic mass is 10.1. The van der Waals surface area contributed by atoms with Crippen molar-refractivity contribution in [3.63, 3.8) is 0 Å². The Morgan fingerprint density at radius 1 is 1.25 bits per heavy atom. The Labute approximate surface area is 139 Å². The lowest BCUT2D eigenvalue weighted by Gasteiger charge is -2.19. The maximum Gasteiger partial charge on any atom is 0.272 e. The summed E-state index contributed by atoms with van der Waals surface area (Å²) in [5.41, 5.74) is 1.26. The molecule has 1 N–H and O–H groups in total. The number of nitro groups is 1. The lowest BCUT2D eigenvalue weighted by Crippen LogP contribution is -2.33. The van der Waals surface area contributed by atoms with Gasteiger partial charge < -0.3 is 10.1 Å². The van der Waals surface area contributed by atoms with E-state index in [0.717, 1.165) is 18.4 Å². The molecule has 0 saturated heterocycles. The number of hydrogen-bond donors (Lipinski definition) is 1. The van der Waals surface area contributed by atoms with Crippen LogP contribution in [-0.2, 0) is 4.79 Å². The minimum Gasteiger partial charge on any atom is -0.476 e. The van der Waals surface area contributed by atoms with Crippen molar-refractivity contribution in [2.24, 2.45) is 0 Å². The van der Waals surface area contributed by atoms with Gasteiger partial charge in [0.25, 0.3) is 11.6 Å². The van der Waals surface area contributed by atoms with Crippen molar-refractivity contribution in [2.75, 3.05) is 0 Å². The molecule has 6 nitrogen and oxygen atoms in total. The number of benzene rings is 2. The van der Waals surface area contributed by atoms with E-state index in [4.69, 9.17) is 4.74 Å². The summed E-state index contributed by atoms with van der Waals surface area (Å²) >= 11 is 0. The molecule has 0 aliphatic heterocycles. The van der Waals surface area contributed by atoms with Crippen molar-refractivity contribution in [3.05, 3.63) is 69.8 Å². The van der Waals surface area contributed by atoms with E-state index < -0.39 is 11.0 Å². The monoisotopic (exact) mass is 326 g/mol. The number of ether oxygens (including phenoxy) is 1. The van der Waals surface area contributed by atoms with Crippen molar-refractivity contribution in [3.8, 4) is 5.75 Å². The van der Waals surface area contributed by atoms with E-state index in [0.29, 0.717) is 11.3 Å². The minimum atomic E-state index is -0.785. The smallest absolute Gasteiger partial charge is 0.272 e. The molecule has 24 heavy (non-hydrogen) atoms. The Bertz CT molecular complexity index is 757. The molecule has 1 amide bonds. The van der Waals surface area contributed by atoms with Gasteiger partial charge in [0.15, 0.2) is 0 Å². The fourth-order valence-electron chi connectivity index (χ4n) is 2.45. The zero-order valence-electron chi connectivity index (χ0n) is 13.3. The highest BCUT2D eigenvalue weighted by molar-refractivity contribution is 5.83. The third-order valence-electron chi connectivity index (χ3n) is 3.88. The van der Waals surface area contributed by atoms with Gasteiger partial charge in [-0.2, -0.15) is 0 Å².